The van der Waals surface area contributed by atoms with E-state index in [1.54, 1.807) is 11.8 Å². The minimum absolute atomic E-state index is 0.0298. The third-order valence-corrected chi connectivity index (χ3v) is 3.94. The zero-order chi connectivity index (χ0) is 10.7. The highest BCUT2D eigenvalue weighted by Crippen LogP contribution is 2.12. The number of likely N-dealkylation sites (N-methyl/N-ethyl adjacent to an activating group) is 1. The average Bonchev–Trinajstić information content (AvgIpc) is 2.70. The fourth-order valence-electron chi connectivity index (χ4n) is 2.15. The first-order chi connectivity index (χ1) is 7.25. The summed E-state index contributed by atoms with van der Waals surface area (Å²) >= 11 is 1.79. The van der Waals surface area contributed by atoms with E-state index < -0.39 is 0 Å². The maximum atomic E-state index is 11.8. The maximum absolute atomic E-state index is 11.8. The van der Waals surface area contributed by atoms with Crippen LogP contribution in [0.4, 0.5) is 0 Å². The number of rotatable bonds is 2. The fourth-order valence-corrected chi connectivity index (χ4v) is 3.09. The topological polar surface area (TPSA) is 44.4 Å². The van der Waals surface area contributed by atoms with E-state index in [1.165, 1.54) is 6.42 Å². The summed E-state index contributed by atoms with van der Waals surface area (Å²) < 4.78 is 0. The molecule has 2 aliphatic rings. The van der Waals surface area contributed by atoms with Crippen LogP contribution < -0.4 is 10.6 Å². The first-order valence-electron chi connectivity index (χ1n) is 5.56. The van der Waals surface area contributed by atoms with E-state index in [0.717, 1.165) is 31.1 Å². The molecule has 2 N–H and O–H groups in total. The Kier molecular flexibility index (Phi) is 3.88. The smallest absolute Gasteiger partial charge is 0.238 e. The van der Waals surface area contributed by atoms with Gasteiger partial charge in [-0.2, -0.15) is 0 Å². The van der Waals surface area contributed by atoms with Crippen molar-refractivity contribution < 1.29 is 4.79 Å². The van der Waals surface area contributed by atoms with Crippen LogP contribution in [0.3, 0.4) is 0 Å². The van der Waals surface area contributed by atoms with Gasteiger partial charge in [-0.25, -0.2) is 0 Å². The number of likely N-dealkylation sites (tertiary alicyclic amines) is 1. The number of carbonyl (C=O) groups excluding carboxylic acids is 1. The van der Waals surface area contributed by atoms with Crippen molar-refractivity contribution in [1.82, 2.24) is 15.5 Å². The predicted octanol–water partition coefficient (Wildman–Crippen LogP) is -0.141. The first-order valence-corrected chi connectivity index (χ1v) is 6.71. The number of hydrogen-bond acceptors (Lipinski definition) is 4. The number of piperidine rings is 1. The van der Waals surface area contributed by atoms with Crippen LogP contribution in [0.2, 0.25) is 0 Å². The third-order valence-electron chi connectivity index (χ3n) is 3.00. The minimum atomic E-state index is 0.0298. The summed E-state index contributed by atoms with van der Waals surface area (Å²) in [5.41, 5.74) is 0. The molecule has 86 valence electrons. The maximum Gasteiger partial charge on any atom is 0.238 e. The summed E-state index contributed by atoms with van der Waals surface area (Å²) in [5, 5.41) is 6.33. The van der Waals surface area contributed by atoms with Crippen LogP contribution in [-0.2, 0) is 4.79 Å². The number of nitrogens with zero attached hydrogens (tertiary/aromatic N) is 1. The lowest BCUT2D eigenvalue weighted by molar-refractivity contribution is -0.123. The van der Waals surface area contributed by atoms with Gasteiger partial charge in [0.15, 0.2) is 0 Å². The van der Waals surface area contributed by atoms with Gasteiger partial charge in [0.05, 0.1) is 6.04 Å². The second-order valence-electron chi connectivity index (χ2n) is 4.38. The standard InChI is InChI=1S/C10H19N3OS/c1-13-4-2-3-8(5-13)12-10(14)9-6-15-7-11-9/h8-9,11H,2-7H2,1H3,(H,12,14). The largest absolute Gasteiger partial charge is 0.351 e. The molecule has 2 aliphatic heterocycles. The van der Waals surface area contributed by atoms with Gasteiger partial charge in [0.2, 0.25) is 5.91 Å². The molecule has 0 aromatic carbocycles. The summed E-state index contributed by atoms with van der Waals surface area (Å²) in [6.07, 6.45) is 2.31. The van der Waals surface area contributed by atoms with Crippen LogP contribution in [-0.4, -0.2) is 54.7 Å². The van der Waals surface area contributed by atoms with Crippen LogP contribution >= 0.6 is 11.8 Å². The van der Waals surface area contributed by atoms with E-state index in [2.05, 4.69) is 22.6 Å². The molecule has 2 heterocycles. The van der Waals surface area contributed by atoms with Gasteiger partial charge >= 0.3 is 0 Å². The first kappa shape index (κ1) is 11.2. The molecule has 0 radical (unpaired) electrons. The number of carbonyl (C=O) groups is 1. The molecular weight excluding hydrogens is 210 g/mol. The molecule has 2 atom stereocenters. The van der Waals surface area contributed by atoms with Gasteiger partial charge in [-0.15, -0.1) is 11.8 Å². The van der Waals surface area contributed by atoms with Crippen molar-refractivity contribution in [2.75, 3.05) is 31.8 Å². The van der Waals surface area contributed by atoms with Gasteiger partial charge in [-0.05, 0) is 26.4 Å². The van der Waals surface area contributed by atoms with E-state index in [0.29, 0.717) is 6.04 Å². The normalized spacial score (nSPS) is 32.9. The van der Waals surface area contributed by atoms with Crippen molar-refractivity contribution >= 4 is 17.7 Å². The Morgan fingerprint density at radius 3 is 3.13 bits per heavy atom. The number of nitrogens with one attached hydrogen (secondary N) is 2. The molecule has 0 spiro atoms. The van der Waals surface area contributed by atoms with Crippen LogP contribution in [0.25, 0.3) is 0 Å². The SMILES string of the molecule is CN1CCCC(NC(=O)C2CSCN2)C1. The van der Waals surface area contributed by atoms with Gasteiger partial charge in [-0.3, -0.25) is 10.1 Å². The van der Waals surface area contributed by atoms with E-state index >= 15 is 0 Å². The molecule has 2 saturated heterocycles. The van der Waals surface area contributed by atoms with E-state index in [4.69, 9.17) is 0 Å². The van der Waals surface area contributed by atoms with Crippen LogP contribution in [0.1, 0.15) is 12.8 Å². The molecule has 0 bridgehead atoms. The number of hydrogen-bond donors (Lipinski definition) is 2. The lowest BCUT2D eigenvalue weighted by atomic mass is 10.1. The van der Waals surface area contributed by atoms with Crippen molar-refractivity contribution in [2.24, 2.45) is 0 Å². The molecule has 0 aromatic rings. The summed E-state index contributed by atoms with van der Waals surface area (Å²) in [6, 6.07) is 0.380. The minimum Gasteiger partial charge on any atom is -0.351 e. The van der Waals surface area contributed by atoms with Crippen LogP contribution in [0.5, 0.6) is 0 Å². The van der Waals surface area contributed by atoms with Gasteiger partial charge in [0.25, 0.3) is 0 Å². The molecule has 0 saturated carbocycles. The molecule has 0 aliphatic carbocycles. The highest BCUT2D eigenvalue weighted by Gasteiger charge is 2.26. The molecule has 5 heteroatoms. The quantitative estimate of drug-likeness (QED) is 0.692. The van der Waals surface area contributed by atoms with E-state index in [9.17, 15) is 4.79 Å². The van der Waals surface area contributed by atoms with Crippen molar-refractivity contribution in [1.29, 1.82) is 0 Å². The van der Waals surface area contributed by atoms with E-state index in [-0.39, 0.29) is 11.9 Å². The fraction of sp³-hybridized carbons (Fsp3) is 0.900. The highest BCUT2D eigenvalue weighted by molar-refractivity contribution is 7.99. The van der Waals surface area contributed by atoms with Crippen molar-refractivity contribution in [2.45, 2.75) is 24.9 Å². The number of thioether (sulfide) groups is 1. The second-order valence-corrected chi connectivity index (χ2v) is 5.41. The van der Waals surface area contributed by atoms with Crippen molar-refractivity contribution in [3.8, 4) is 0 Å². The molecular formula is C10H19N3OS. The van der Waals surface area contributed by atoms with Gasteiger partial charge in [-0.1, -0.05) is 0 Å². The zero-order valence-electron chi connectivity index (χ0n) is 9.16. The van der Waals surface area contributed by atoms with Crippen LogP contribution in [0.15, 0.2) is 0 Å². The monoisotopic (exact) mass is 229 g/mol. The van der Waals surface area contributed by atoms with Gasteiger partial charge in [0, 0.05) is 24.2 Å². The molecule has 2 unspecified atom stereocenters. The second kappa shape index (κ2) is 5.18. The Labute approximate surface area is 95.2 Å². The Morgan fingerprint density at radius 2 is 2.47 bits per heavy atom. The molecule has 2 rings (SSSR count). The van der Waals surface area contributed by atoms with Crippen molar-refractivity contribution in [3.63, 3.8) is 0 Å². The van der Waals surface area contributed by atoms with Crippen molar-refractivity contribution in [3.05, 3.63) is 0 Å². The Bertz CT molecular complexity index is 231. The highest BCUT2D eigenvalue weighted by atomic mass is 32.2. The zero-order valence-corrected chi connectivity index (χ0v) is 9.98. The predicted molar refractivity (Wildman–Crippen MR) is 62.9 cm³/mol. The molecule has 2 fully saturated rings. The molecule has 0 aromatic heterocycles. The van der Waals surface area contributed by atoms with Crippen LogP contribution in [0, 0.1) is 0 Å². The third kappa shape index (κ3) is 3.09. The van der Waals surface area contributed by atoms with Gasteiger partial charge in [0.1, 0.15) is 0 Å². The average molecular weight is 229 g/mol. The summed E-state index contributed by atoms with van der Waals surface area (Å²) in [5.74, 6) is 2.00. The molecule has 1 amide bonds. The number of amides is 1. The lowest BCUT2D eigenvalue weighted by Gasteiger charge is -2.30. The lowest BCUT2D eigenvalue weighted by Crippen LogP contribution is -2.51. The molecule has 4 nitrogen and oxygen atoms in total. The Morgan fingerprint density at radius 1 is 1.60 bits per heavy atom. The van der Waals surface area contributed by atoms with Gasteiger partial charge < -0.3 is 10.2 Å². The molecule has 15 heavy (non-hydrogen) atoms. The summed E-state index contributed by atoms with van der Waals surface area (Å²) in [4.78, 5) is 14.1. The summed E-state index contributed by atoms with van der Waals surface area (Å²) in [7, 11) is 2.11. The Balaban J connectivity index is 1.77. The Hall–Kier alpha value is -0.260. The summed E-state index contributed by atoms with van der Waals surface area (Å²) in [6.45, 7) is 2.15. The van der Waals surface area contributed by atoms with E-state index in [1.807, 2.05) is 0 Å².